The van der Waals surface area contributed by atoms with E-state index in [0.29, 0.717) is 0 Å². The van der Waals surface area contributed by atoms with Gasteiger partial charge in [-0.25, -0.2) is 0 Å². The molecule has 0 radical (unpaired) electrons. The van der Waals surface area contributed by atoms with Crippen LogP contribution in [0.3, 0.4) is 0 Å². The summed E-state index contributed by atoms with van der Waals surface area (Å²) in [6, 6.07) is -0.865. The molecular weight excluding hydrogens is 177 g/mol. The average Bonchev–Trinajstić information content (AvgIpc) is 2.03. The molecule has 0 amide bonds. The first-order chi connectivity index (χ1) is 6.07. The average molecular weight is 189 g/mol. The van der Waals surface area contributed by atoms with Crippen molar-refractivity contribution in [2.24, 2.45) is 0 Å². The molecule has 0 spiro atoms. The van der Waals surface area contributed by atoms with Gasteiger partial charge >= 0.3 is 19.6 Å². The van der Waals surface area contributed by atoms with Crippen molar-refractivity contribution >= 4 is 19.6 Å². The van der Waals surface area contributed by atoms with Crippen molar-refractivity contribution in [1.29, 1.82) is 0 Å². The zero-order valence-corrected chi connectivity index (χ0v) is 7.32. The van der Waals surface area contributed by atoms with Gasteiger partial charge in [-0.15, -0.1) is 0 Å². The van der Waals surface area contributed by atoms with Crippen LogP contribution in [0.15, 0.2) is 0 Å². The molecule has 7 heteroatoms. The zero-order valence-electron chi connectivity index (χ0n) is 7.32. The molecule has 0 aromatic heterocycles. The van der Waals surface area contributed by atoms with Gasteiger partial charge in [-0.05, 0) is 6.42 Å². The molecule has 0 aliphatic rings. The summed E-state index contributed by atoms with van der Waals surface area (Å²) in [4.78, 5) is 20.7. The summed E-state index contributed by atoms with van der Waals surface area (Å²) in [5, 5.41) is 19.5. The highest BCUT2D eigenvalue weighted by Crippen LogP contribution is 1.96. The summed E-state index contributed by atoms with van der Waals surface area (Å²) < 4.78 is 4.61. The largest absolute Gasteiger partial charge is 0.481 e. The predicted molar refractivity (Wildman–Crippen MR) is 45.6 cm³/mol. The maximum Gasteiger partial charge on any atom is 0.361 e. The van der Waals surface area contributed by atoms with Crippen molar-refractivity contribution in [1.82, 2.24) is 5.23 Å². The topological polar surface area (TPSA) is 95.9 Å². The molecule has 74 valence electrons. The first-order valence-electron chi connectivity index (χ1n) is 3.75. The Morgan fingerprint density at radius 2 is 2.15 bits per heavy atom. The standard InChI is InChI=1S/C6H12BNO5/c1-13-7-8-4(6(11)12)2-3-5(9)10/h4,7-8H,2-3H2,1H3,(H,9,10)(H,11,12)/t4-/m0/s1. The zero-order chi connectivity index (χ0) is 10.3. The van der Waals surface area contributed by atoms with E-state index in [4.69, 9.17) is 10.2 Å². The van der Waals surface area contributed by atoms with Crippen LogP contribution in [0.2, 0.25) is 0 Å². The quantitative estimate of drug-likeness (QED) is 0.435. The number of carboxylic acids is 2. The van der Waals surface area contributed by atoms with Gasteiger partial charge in [0.1, 0.15) is 0 Å². The number of rotatable bonds is 7. The van der Waals surface area contributed by atoms with Crippen molar-refractivity contribution in [3.8, 4) is 0 Å². The normalized spacial score (nSPS) is 12.1. The van der Waals surface area contributed by atoms with Gasteiger partial charge in [0.05, 0.1) is 6.04 Å². The highest BCUT2D eigenvalue weighted by Gasteiger charge is 2.17. The van der Waals surface area contributed by atoms with Crippen LogP contribution >= 0.6 is 0 Å². The second-order valence-corrected chi connectivity index (χ2v) is 2.46. The van der Waals surface area contributed by atoms with E-state index in [1.165, 1.54) is 7.11 Å². The number of hydrogen-bond acceptors (Lipinski definition) is 4. The molecular formula is C6H12BNO5. The van der Waals surface area contributed by atoms with Crippen LogP contribution in [-0.2, 0) is 14.2 Å². The van der Waals surface area contributed by atoms with Crippen molar-refractivity contribution in [3.05, 3.63) is 0 Å². The van der Waals surface area contributed by atoms with Crippen molar-refractivity contribution in [3.63, 3.8) is 0 Å². The molecule has 0 heterocycles. The molecule has 0 unspecified atom stereocenters. The van der Waals surface area contributed by atoms with Gasteiger partial charge in [0.15, 0.2) is 0 Å². The second-order valence-electron chi connectivity index (χ2n) is 2.46. The number of nitrogens with one attached hydrogen (secondary N) is 1. The Hall–Kier alpha value is -1.08. The molecule has 0 aliphatic carbocycles. The van der Waals surface area contributed by atoms with Crippen LogP contribution in [0.5, 0.6) is 0 Å². The highest BCUT2D eigenvalue weighted by molar-refractivity contribution is 6.24. The SMILES string of the molecule is COBN[C@@H](CCC(=O)O)C(=O)O. The van der Waals surface area contributed by atoms with Gasteiger partial charge in [-0.3, -0.25) is 9.59 Å². The lowest BCUT2D eigenvalue weighted by Gasteiger charge is -2.11. The monoisotopic (exact) mass is 189 g/mol. The Kier molecular flexibility index (Phi) is 5.91. The Labute approximate surface area is 76.2 Å². The maximum absolute atomic E-state index is 10.5. The molecule has 1 atom stereocenters. The van der Waals surface area contributed by atoms with Crippen LogP contribution < -0.4 is 5.23 Å². The molecule has 0 aliphatic heterocycles. The summed E-state index contributed by atoms with van der Waals surface area (Å²) in [6.45, 7) is 0. The fourth-order valence-electron chi connectivity index (χ4n) is 0.765. The Morgan fingerprint density at radius 1 is 1.54 bits per heavy atom. The molecule has 13 heavy (non-hydrogen) atoms. The van der Waals surface area contributed by atoms with Gasteiger partial charge in [0, 0.05) is 13.5 Å². The van der Waals surface area contributed by atoms with E-state index in [2.05, 4.69) is 9.88 Å². The molecule has 0 bridgehead atoms. The number of hydrogen-bond donors (Lipinski definition) is 3. The second kappa shape index (κ2) is 6.44. The smallest absolute Gasteiger partial charge is 0.361 e. The molecule has 6 nitrogen and oxygen atoms in total. The van der Waals surface area contributed by atoms with E-state index in [9.17, 15) is 9.59 Å². The third-order valence-electron chi connectivity index (χ3n) is 1.42. The fraction of sp³-hybridized carbons (Fsp3) is 0.667. The van der Waals surface area contributed by atoms with E-state index < -0.39 is 18.0 Å². The Morgan fingerprint density at radius 3 is 2.54 bits per heavy atom. The van der Waals surface area contributed by atoms with Crippen LogP contribution in [0.4, 0.5) is 0 Å². The summed E-state index contributed by atoms with van der Waals surface area (Å²) in [7, 11) is 1.51. The van der Waals surface area contributed by atoms with E-state index >= 15 is 0 Å². The van der Waals surface area contributed by atoms with E-state index in [1.54, 1.807) is 0 Å². The van der Waals surface area contributed by atoms with Crippen molar-refractivity contribution in [2.75, 3.05) is 7.11 Å². The molecule has 0 aromatic carbocycles. The maximum atomic E-state index is 10.5. The van der Waals surface area contributed by atoms with Gasteiger partial charge < -0.3 is 20.1 Å². The van der Waals surface area contributed by atoms with Crippen molar-refractivity contribution < 1.29 is 24.5 Å². The number of aliphatic carboxylic acids is 2. The van der Waals surface area contributed by atoms with Crippen LogP contribution in [0, 0.1) is 0 Å². The van der Waals surface area contributed by atoms with E-state index in [1.807, 2.05) is 0 Å². The lowest BCUT2D eigenvalue weighted by Crippen LogP contribution is -2.40. The number of carboxylic acid groups (broad SMARTS) is 2. The van der Waals surface area contributed by atoms with Crippen LogP contribution in [0.25, 0.3) is 0 Å². The highest BCUT2D eigenvalue weighted by atomic mass is 16.4. The third-order valence-corrected chi connectivity index (χ3v) is 1.42. The third kappa shape index (κ3) is 6.12. The molecule has 0 rings (SSSR count). The Bertz CT molecular complexity index is 186. The molecule has 0 saturated heterocycles. The minimum atomic E-state index is -1.07. The summed E-state index contributed by atoms with van der Waals surface area (Å²) in [5.74, 6) is -2.08. The van der Waals surface area contributed by atoms with Gasteiger partial charge in [-0.1, -0.05) is 0 Å². The van der Waals surface area contributed by atoms with Crippen LogP contribution in [-0.4, -0.2) is 42.9 Å². The predicted octanol–water partition coefficient (Wildman–Crippen LogP) is -1.19. The summed E-state index contributed by atoms with van der Waals surface area (Å²) in [5.41, 5.74) is 0. The van der Waals surface area contributed by atoms with Crippen LogP contribution in [0.1, 0.15) is 12.8 Å². The summed E-state index contributed by atoms with van der Waals surface area (Å²) in [6.07, 6.45) is -0.123. The van der Waals surface area contributed by atoms with Crippen molar-refractivity contribution in [2.45, 2.75) is 18.9 Å². The molecule has 0 aromatic rings. The van der Waals surface area contributed by atoms with E-state index in [-0.39, 0.29) is 20.5 Å². The first-order valence-corrected chi connectivity index (χ1v) is 3.75. The van der Waals surface area contributed by atoms with Gasteiger partial charge in [0.25, 0.3) is 0 Å². The Balaban J connectivity index is 3.80. The minimum absolute atomic E-state index is 0.0496. The van der Waals surface area contributed by atoms with Gasteiger partial charge in [-0.2, -0.15) is 0 Å². The van der Waals surface area contributed by atoms with Gasteiger partial charge in [0.2, 0.25) is 0 Å². The first kappa shape index (κ1) is 11.9. The van der Waals surface area contributed by atoms with E-state index in [0.717, 1.165) is 0 Å². The molecule has 3 N–H and O–H groups in total. The lowest BCUT2D eigenvalue weighted by molar-refractivity contribution is -0.140. The minimum Gasteiger partial charge on any atom is -0.481 e. The molecule has 0 saturated carbocycles. The fourth-order valence-corrected chi connectivity index (χ4v) is 0.765. The lowest BCUT2D eigenvalue weighted by atomic mass is 10.1. The molecule has 0 fully saturated rings. The summed E-state index contributed by atoms with van der Waals surface area (Å²) >= 11 is 0. The number of carbonyl (C=O) groups is 2.